The third kappa shape index (κ3) is 3.89. The summed E-state index contributed by atoms with van der Waals surface area (Å²) in [6.45, 7) is 5.79. The summed E-state index contributed by atoms with van der Waals surface area (Å²) in [7, 11) is 1.73. The van der Waals surface area contributed by atoms with Crippen LogP contribution in [0.5, 0.6) is 0 Å². The van der Waals surface area contributed by atoms with E-state index < -0.39 is 0 Å². The van der Waals surface area contributed by atoms with E-state index in [9.17, 15) is 0 Å². The number of aryl methyl sites for hydroxylation is 1. The van der Waals surface area contributed by atoms with Crippen molar-refractivity contribution in [3.63, 3.8) is 0 Å². The second-order valence-corrected chi connectivity index (χ2v) is 4.92. The van der Waals surface area contributed by atoms with Crippen LogP contribution in [-0.4, -0.2) is 44.1 Å². The normalized spacial score (nSPS) is 16.3. The van der Waals surface area contributed by atoms with Crippen LogP contribution in [0.15, 0.2) is 23.2 Å². The zero-order valence-corrected chi connectivity index (χ0v) is 14.4. The molecule has 0 atom stereocenters. The SMILES string of the molecule is CN=C(N)N1CCN(c2cc(Cl)ccc2C)CC1.I. The van der Waals surface area contributed by atoms with Crippen LogP contribution in [0.4, 0.5) is 5.69 Å². The van der Waals surface area contributed by atoms with Crippen LogP contribution in [0, 0.1) is 6.92 Å². The lowest BCUT2D eigenvalue weighted by Crippen LogP contribution is -2.51. The zero-order chi connectivity index (χ0) is 13.1. The molecule has 2 rings (SSSR count). The Morgan fingerprint density at radius 3 is 2.47 bits per heavy atom. The topological polar surface area (TPSA) is 44.9 Å². The van der Waals surface area contributed by atoms with Gasteiger partial charge in [0.25, 0.3) is 0 Å². The molecule has 0 aliphatic carbocycles. The first-order valence-electron chi connectivity index (χ1n) is 6.10. The first-order chi connectivity index (χ1) is 8.61. The third-order valence-electron chi connectivity index (χ3n) is 3.34. The average molecular weight is 395 g/mol. The van der Waals surface area contributed by atoms with Crippen LogP contribution in [0.25, 0.3) is 0 Å². The highest BCUT2D eigenvalue weighted by Gasteiger charge is 2.19. The monoisotopic (exact) mass is 394 g/mol. The molecular weight excluding hydrogens is 375 g/mol. The summed E-state index contributed by atoms with van der Waals surface area (Å²) in [5, 5.41) is 0.785. The summed E-state index contributed by atoms with van der Waals surface area (Å²) in [4.78, 5) is 8.48. The largest absolute Gasteiger partial charge is 0.370 e. The fourth-order valence-electron chi connectivity index (χ4n) is 2.24. The van der Waals surface area contributed by atoms with Gasteiger partial charge in [-0.25, -0.2) is 0 Å². The number of nitrogens with two attached hydrogens (primary N) is 1. The molecule has 0 aromatic heterocycles. The number of aliphatic imine (C=N–C) groups is 1. The Kier molecular flexibility index (Phi) is 6.19. The van der Waals surface area contributed by atoms with Crippen molar-refractivity contribution in [1.82, 2.24) is 4.90 Å². The molecule has 1 fully saturated rings. The Labute approximate surface area is 136 Å². The Morgan fingerprint density at radius 2 is 1.89 bits per heavy atom. The summed E-state index contributed by atoms with van der Waals surface area (Å²) >= 11 is 6.06. The van der Waals surface area contributed by atoms with Gasteiger partial charge in [0.2, 0.25) is 0 Å². The first kappa shape index (κ1) is 16.4. The molecule has 1 aliphatic rings. The van der Waals surface area contributed by atoms with Crippen molar-refractivity contribution in [3.05, 3.63) is 28.8 Å². The smallest absolute Gasteiger partial charge is 0.191 e. The molecule has 0 bridgehead atoms. The maximum atomic E-state index is 6.06. The molecule has 1 saturated heterocycles. The Bertz CT molecular complexity index is 456. The molecule has 1 aromatic rings. The predicted octanol–water partition coefficient (Wildman–Crippen LogP) is 2.33. The van der Waals surface area contributed by atoms with Gasteiger partial charge in [0, 0.05) is 43.9 Å². The highest BCUT2D eigenvalue weighted by Crippen LogP contribution is 2.25. The maximum absolute atomic E-state index is 6.06. The number of piperazine rings is 1. The van der Waals surface area contributed by atoms with E-state index in [0.717, 1.165) is 31.2 Å². The van der Waals surface area contributed by atoms with Gasteiger partial charge in [0.05, 0.1) is 0 Å². The van der Waals surface area contributed by atoms with Crippen molar-refractivity contribution >= 4 is 47.2 Å². The molecular formula is C13H20ClIN4. The lowest BCUT2D eigenvalue weighted by atomic mass is 10.1. The van der Waals surface area contributed by atoms with E-state index in [1.165, 1.54) is 11.3 Å². The Hall–Kier alpha value is -0.690. The number of anilines is 1. The Morgan fingerprint density at radius 1 is 1.26 bits per heavy atom. The molecule has 6 heteroatoms. The summed E-state index contributed by atoms with van der Waals surface area (Å²) in [5.74, 6) is 0.623. The highest BCUT2D eigenvalue weighted by atomic mass is 127. The van der Waals surface area contributed by atoms with E-state index in [1.54, 1.807) is 7.05 Å². The lowest BCUT2D eigenvalue weighted by molar-refractivity contribution is 0.381. The fourth-order valence-corrected chi connectivity index (χ4v) is 2.41. The summed E-state index contributed by atoms with van der Waals surface area (Å²) < 4.78 is 0. The van der Waals surface area contributed by atoms with Gasteiger partial charge in [-0.15, -0.1) is 24.0 Å². The summed E-state index contributed by atoms with van der Waals surface area (Å²) in [5.41, 5.74) is 8.29. The molecule has 19 heavy (non-hydrogen) atoms. The molecule has 1 aliphatic heterocycles. The lowest BCUT2D eigenvalue weighted by Gasteiger charge is -2.37. The quantitative estimate of drug-likeness (QED) is 0.452. The van der Waals surface area contributed by atoms with Gasteiger partial charge < -0.3 is 15.5 Å². The second-order valence-electron chi connectivity index (χ2n) is 4.49. The molecule has 0 radical (unpaired) electrons. The summed E-state index contributed by atoms with van der Waals surface area (Å²) in [6.07, 6.45) is 0. The minimum atomic E-state index is 0. The minimum Gasteiger partial charge on any atom is -0.370 e. The number of hydrogen-bond donors (Lipinski definition) is 1. The highest BCUT2D eigenvalue weighted by molar-refractivity contribution is 14.0. The van der Waals surface area contributed by atoms with E-state index in [1.807, 2.05) is 12.1 Å². The minimum absolute atomic E-state index is 0. The van der Waals surface area contributed by atoms with Crippen LogP contribution in [0.3, 0.4) is 0 Å². The van der Waals surface area contributed by atoms with Gasteiger partial charge in [-0.05, 0) is 24.6 Å². The van der Waals surface area contributed by atoms with Crippen molar-refractivity contribution in [2.24, 2.45) is 10.7 Å². The van der Waals surface area contributed by atoms with Gasteiger partial charge >= 0.3 is 0 Å². The first-order valence-corrected chi connectivity index (χ1v) is 6.48. The predicted molar refractivity (Wildman–Crippen MR) is 92.9 cm³/mol. The number of nitrogens with zero attached hydrogens (tertiary/aromatic N) is 3. The Balaban J connectivity index is 0.00000180. The molecule has 0 saturated carbocycles. The number of benzene rings is 1. The third-order valence-corrected chi connectivity index (χ3v) is 3.58. The van der Waals surface area contributed by atoms with Crippen LogP contribution in [0.2, 0.25) is 5.02 Å². The molecule has 2 N–H and O–H groups in total. The van der Waals surface area contributed by atoms with Crippen LogP contribution < -0.4 is 10.6 Å². The fraction of sp³-hybridized carbons (Fsp3) is 0.462. The number of rotatable bonds is 1. The van der Waals surface area contributed by atoms with Gasteiger partial charge in [-0.3, -0.25) is 4.99 Å². The van der Waals surface area contributed by atoms with E-state index in [4.69, 9.17) is 17.3 Å². The van der Waals surface area contributed by atoms with Crippen molar-refractivity contribution in [1.29, 1.82) is 0 Å². The molecule has 0 amide bonds. The van der Waals surface area contributed by atoms with Crippen molar-refractivity contribution in [2.75, 3.05) is 38.1 Å². The van der Waals surface area contributed by atoms with Crippen molar-refractivity contribution in [2.45, 2.75) is 6.92 Å². The van der Waals surface area contributed by atoms with Crippen LogP contribution in [0.1, 0.15) is 5.56 Å². The second kappa shape index (κ2) is 7.19. The van der Waals surface area contributed by atoms with Crippen LogP contribution in [-0.2, 0) is 0 Å². The number of guanidine groups is 1. The van der Waals surface area contributed by atoms with Crippen molar-refractivity contribution < 1.29 is 0 Å². The zero-order valence-electron chi connectivity index (χ0n) is 11.3. The van der Waals surface area contributed by atoms with Crippen LogP contribution >= 0.6 is 35.6 Å². The average Bonchev–Trinajstić information content (AvgIpc) is 2.41. The van der Waals surface area contributed by atoms with Crippen molar-refractivity contribution in [3.8, 4) is 0 Å². The number of halogens is 2. The number of hydrogen-bond acceptors (Lipinski definition) is 2. The molecule has 1 heterocycles. The van der Waals surface area contributed by atoms with Gasteiger partial charge in [-0.1, -0.05) is 17.7 Å². The molecule has 1 aromatic carbocycles. The van der Waals surface area contributed by atoms with E-state index in [-0.39, 0.29) is 24.0 Å². The maximum Gasteiger partial charge on any atom is 0.191 e. The standard InChI is InChI=1S/C13H19ClN4.HI/c1-10-3-4-11(14)9-12(10)17-5-7-18(8-6-17)13(15)16-2;/h3-4,9H,5-8H2,1-2H3,(H2,15,16);1H. The summed E-state index contributed by atoms with van der Waals surface area (Å²) in [6, 6.07) is 6.02. The van der Waals surface area contributed by atoms with Gasteiger partial charge in [0.15, 0.2) is 5.96 Å². The van der Waals surface area contributed by atoms with E-state index in [0.29, 0.717) is 5.96 Å². The molecule has 4 nitrogen and oxygen atoms in total. The van der Waals surface area contributed by atoms with E-state index >= 15 is 0 Å². The van der Waals surface area contributed by atoms with Gasteiger partial charge in [0.1, 0.15) is 0 Å². The molecule has 0 spiro atoms. The van der Waals surface area contributed by atoms with E-state index in [2.05, 4.69) is 27.8 Å². The molecule has 106 valence electrons. The molecule has 0 unspecified atom stereocenters. The van der Waals surface area contributed by atoms with Gasteiger partial charge in [-0.2, -0.15) is 0 Å².